The van der Waals surface area contributed by atoms with Crippen molar-refractivity contribution >= 4 is 11.9 Å². The largest absolute Gasteiger partial charge is 0.493 e. The van der Waals surface area contributed by atoms with Crippen LogP contribution in [0.15, 0.2) is 36.7 Å². The number of carboxylic acids is 1. The summed E-state index contributed by atoms with van der Waals surface area (Å²) in [5.41, 5.74) is 2.44. The van der Waals surface area contributed by atoms with Crippen LogP contribution in [0, 0.1) is 5.41 Å². The van der Waals surface area contributed by atoms with Gasteiger partial charge < -0.3 is 15.2 Å². The second-order valence-electron chi connectivity index (χ2n) is 6.86. The number of benzene rings is 1. The summed E-state index contributed by atoms with van der Waals surface area (Å²) in [5, 5.41) is 12.3. The predicted molar refractivity (Wildman–Crippen MR) is 102 cm³/mol. The minimum absolute atomic E-state index is 0.0918. The predicted octanol–water partition coefficient (Wildman–Crippen LogP) is 3.30. The molecule has 27 heavy (non-hydrogen) atoms. The Balaban J connectivity index is 1.77. The van der Waals surface area contributed by atoms with Crippen LogP contribution in [-0.2, 0) is 11.2 Å². The molecule has 6 heteroatoms. The SMILES string of the molecule is CCC(CC)(CNC(=O)c1cncc(-c2ccc3c(c2)CCO3)c1)C(=O)O. The maximum absolute atomic E-state index is 12.6. The molecule has 2 heterocycles. The number of carbonyl (C=O) groups is 2. The van der Waals surface area contributed by atoms with E-state index in [9.17, 15) is 14.7 Å². The first-order chi connectivity index (χ1) is 13.0. The number of ether oxygens (including phenoxy) is 1. The number of nitrogens with one attached hydrogen (secondary N) is 1. The van der Waals surface area contributed by atoms with Gasteiger partial charge in [-0.1, -0.05) is 19.9 Å². The summed E-state index contributed by atoms with van der Waals surface area (Å²) in [6.45, 7) is 4.43. The fourth-order valence-electron chi connectivity index (χ4n) is 3.32. The van der Waals surface area contributed by atoms with Crippen molar-refractivity contribution in [1.29, 1.82) is 0 Å². The van der Waals surface area contributed by atoms with E-state index in [0.29, 0.717) is 25.0 Å². The van der Waals surface area contributed by atoms with E-state index in [1.165, 1.54) is 6.20 Å². The zero-order valence-electron chi connectivity index (χ0n) is 15.6. The first-order valence-corrected chi connectivity index (χ1v) is 9.22. The molecule has 1 aliphatic heterocycles. The highest BCUT2D eigenvalue weighted by Gasteiger charge is 2.35. The van der Waals surface area contributed by atoms with Crippen molar-refractivity contribution < 1.29 is 19.4 Å². The molecule has 0 radical (unpaired) electrons. The zero-order chi connectivity index (χ0) is 19.4. The fraction of sp³-hybridized carbons (Fsp3) is 0.381. The number of hydrogen-bond acceptors (Lipinski definition) is 4. The van der Waals surface area contributed by atoms with Crippen LogP contribution in [0.25, 0.3) is 11.1 Å². The van der Waals surface area contributed by atoms with Crippen molar-refractivity contribution in [2.45, 2.75) is 33.1 Å². The Morgan fingerprint density at radius 2 is 1.96 bits per heavy atom. The summed E-state index contributed by atoms with van der Waals surface area (Å²) >= 11 is 0. The normalized spacial score (nSPS) is 13.0. The average molecular weight is 368 g/mol. The van der Waals surface area contributed by atoms with Crippen LogP contribution in [0.3, 0.4) is 0 Å². The summed E-state index contributed by atoms with van der Waals surface area (Å²) < 4.78 is 5.53. The third-order valence-electron chi connectivity index (χ3n) is 5.42. The minimum atomic E-state index is -0.944. The lowest BCUT2D eigenvalue weighted by molar-refractivity contribution is -0.149. The van der Waals surface area contributed by atoms with Gasteiger partial charge in [-0.25, -0.2) is 0 Å². The first-order valence-electron chi connectivity index (χ1n) is 9.22. The topological polar surface area (TPSA) is 88.5 Å². The van der Waals surface area contributed by atoms with Crippen molar-refractivity contribution in [3.05, 3.63) is 47.8 Å². The molecular formula is C21H24N2O4. The average Bonchev–Trinajstić information content (AvgIpc) is 3.16. The molecule has 0 saturated carbocycles. The zero-order valence-corrected chi connectivity index (χ0v) is 15.6. The summed E-state index contributed by atoms with van der Waals surface area (Å²) in [6, 6.07) is 7.73. The van der Waals surface area contributed by atoms with Crippen LogP contribution in [0.1, 0.15) is 42.6 Å². The molecule has 0 fully saturated rings. The highest BCUT2D eigenvalue weighted by atomic mass is 16.5. The molecule has 0 unspecified atom stereocenters. The van der Waals surface area contributed by atoms with E-state index in [0.717, 1.165) is 28.9 Å². The molecule has 0 atom stereocenters. The molecule has 2 aromatic rings. The van der Waals surface area contributed by atoms with Crippen molar-refractivity contribution in [2.24, 2.45) is 5.41 Å². The van der Waals surface area contributed by atoms with Gasteiger partial charge in [0.1, 0.15) is 5.75 Å². The van der Waals surface area contributed by atoms with E-state index in [2.05, 4.69) is 16.4 Å². The van der Waals surface area contributed by atoms with E-state index < -0.39 is 11.4 Å². The molecule has 1 amide bonds. The number of carbonyl (C=O) groups excluding carboxylic acids is 1. The first kappa shape index (κ1) is 18.9. The Morgan fingerprint density at radius 1 is 1.19 bits per heavy atom. The number of aromatic nitrogens is 1. The molecule has 0 saturated heterocycles. The lowest BCUT2D eigenvalue weighted by Crippen LogP contribution is -2.42. The quantitative estimate of drug-likeness (QED) is 0.783. The van der Waals surface area contributed by atoms with E-state index in [1.807, 2.05) is 26.0 Å². The molecule has 1 aromatic carbocycles. The Morgan fingerprint density at radius 3 is 2.67 bits per heavy atom. The Labute approximate surface area is 158 Å². The molecule has 0 bridgehead atoms. The number of carboxylic acid groups (broad SMARTS) is 1. The third kappa shape index (κ3) is 3.79. The molecule has 142 valence electrons. The molecule has 0 aliphatic carbocycles. The monoisotopic (exact) mass is 368 g/mol. The summed E-state index contributed by atoms with van der Waals surface area (Å²) in [5.74, 6) is -0.300. The molecular weight excluding hydrogens is 344 g/mol. The number of aliphatic carboxylic acids is 1. The Bertz CT molecular complexity index is 859. The number of nitrogens with zero attached hydrogens (tertiary/aromatic N) is 1. The molecule has 1 aliphatic rings. The highest BCUT2D eigenvalue weighted by Crippen LogP contribution is 2.30. The minimum Gasteiger partial charge on any atom is -0.493 e. The van der Waals surface area contributed by atoms with Gasteiger partial charge in [0.2, 0.25) is 0 Å². The molecule has 3 rings (SSSR count). The lowest BCUT2D eigenvalue weighted by atomic mass is 9.82. The molecule has 0 spiro atoms. The van der Waals surface area contributed by atoms with Crippen LogP contribution in [-0.4, -0.2) is 35.1 Å². The number of rotatable bonds is 7. The molecule has 1 aromatic heterocycles. The second-order valence-corrected chi connectivity index (χ2v) is 6.86. The van der Waals surface area contributed by atoms with Gasteiger partial charge in [0, 0.05) is 30.9 Å². The van der Waals surface area contributed by atoms with Gasteiger partial charge >= 0.3 is 5.97 Å². The van der Waals surface area contributed by atoms with Crippen molar-refractivity contribution in [1.82, 2.24) is 10.3 Å². The van der Waals surface area contributed by atoms with Gasteiger partial charge in [-0.2, -0.15) is 0 Å². The Hall–Kier alpha value is -2.89. The van der Waals surface area contributed by atoms with E-state index >= 15 is 0 Å². The highest BCUT2D eigenvalue weighted by molar-refractivity contribution is 5.95. The second kappa shape index (κ2) is 7.78. The maximum Gasteiger partial charge on any atom is 0.311 e. The number of fused-ring (bicyclic) bond motifs is 1. The number of amides is 1. The smallest absolute Gasteiger partial charge is 0.311 e. The third-order valence-corrected chi connectivity index (χ3v) is 5.42. The van der Waals surface area contributed by atoms with Crippen molar-refractivity contribution in [3.8, 4) is 16.9 Å². The van der Waals surface area contributed by atoms with Crippen LogP contribution in [0.2, 0.25) is 0 Å². The van der Waals surface area contributed by atoms with Crippen molar-refractivity contribution in [3.63, 3.8) is 0 Å². The van der Waals surface area contributed by atoms with Gasteiger partial charge in [-0.05, 0) is 42.2 Å². The van der Waals surface area contributed by atoms with Crippen LogP contribution >= 0.6 is 0 Å². The van der Waals surface area contributed by atoms with E-state index in [4.69, 9.17) is 4.74 Å². The van der Waals surface area contributed by atoms with Crippen molar-refractivity contribution in [2.75, 3.05) is 13.2 Å². The van der Waals surface area contributed by atoms with E-state index in [-0.39, 0.29) is 12.5 Å². The van der Waals surface area contributed by atoms with Crippen LogP contribution in [0.4, 0.5) is 0 Å². The van der Waals surface area contributed by atoms with Gasteiger partial charge in [0.15, 0.2) is 0 Å². The standard InChI is InChI=1S/C21H24N2O4/c1-3-21(4-2,20(25)26)13-23-19(24)17-10-16(11-22-12-17)14-5-6-18-15(9-14)7-8-27-18/h5-6,9-12H,3-4,7-8,13H2,1-2H3,(H,23,24)(H,25,26). The number of hydrogen-bond donors (Lipinski definition) is 2. The van der Waals surface area contributed by atoms with E-state index in [1.54, 1.807) is 12.3 Å². The number of pyridine rings is 1. The van der Waals surface area contributed by atoms with Crippen LogP contribution in [0.5, 0.6) is 5.75 Å². The summed E-state index contributed by atoms with van der Waals surface area (Å²) in [6.07, 6.45) is 4.99. The fourth-order valence-corrected chi connectivity index (χ4v) is 3.32. The van der Waals surface area contributed by atoms with Gasteiger partial charge in [0.05, 0.1) is 17.6 Å². The Kier molecular flexibility index (Phi) is 5.44. The maximum atomic E-state index is 12.6. The summed E-state index contributed by atoms with van der Waals surface area (Å²) in [4.78, 5) is 28.3. The molecule has 6 nitrogen and oxygen atoms in total. The van der Waals surface area contributed by atoms with Crippen LogP contribution < -0.4 is 10.1 Å². The van der Waals surface area contributed by atoms with Gasteiger partial charge in [-0.3, -0.25) is 14.6 Å². The molecule has 2 N–H and O–H groups in total. The van der Waals surface area contributed by atoms with Gasteiger partial charge in [0.25, 0.3) is 5.91 Å². The summed E-state index contributed by atoms with van der Waals surface area (Å²) in [7, 11) is 0. The lowest BCUT2D eigenvalue weighted by Gasteiger charge is -2.26. The van der Waals surface area contributed by atoms with Gasteiger partial charge in [-0.15, -0.1) is 0 Å².